The van der Waals surface area contributed by atoms with E-state index >= 15 is 0 Å². The van der Waals surface area contributed by atoms with Crippen LogP contribution in [0.3, 0.4) is 0 Å². The maximum absolute atomic E-state index is 5.95. The normalized spacial score (nSPS) is 11.5. The van der Waals surface area contributed by atoms with E-state index < -0.39 is 0 Å². The fraction of sp³-hybridized carbons (Fsp3) is 0.538. The molecule has 0 saturated heterocycles. The first-order valence-electron chi connectivity index (χ1n) is 5.85. The van der Waals surface area contributed by atoms with E-state index in [0.717, 1.165) is 25.2 Å². The summed E-state index contributed by atoms with van der Waals surface area (Å²) >= 11 is 11.8. The van der Waals surface area contributed by atoms with Crippen molar-refractivity contribution in [3.8, 4) is 0 Å². The molecule has 17 heavy (non-hydrogen) atoms. The highest BCUT2D eigenvalue weighted by Gasteiger charge is 2.02. The second-order valence-electron chi connectivity index (χ2n) is 4.50. The highest BCUT2D eigenvalue weighted by Crippen LogP contribution is 2.22. The molecule has 1 aromatic carbocycles. The lowest BCUT2D eigenvalue weighted by Crippen LogP contribution is -2.33. The van der Waals surface area contributed by atoms with Crippen molar-refractivity contribution in [1.82, 2.24) is 10.2 Å². The summed E-state index contributed by atoms with van der Waals surface area (Å²) in [6.45, 7) is 7.22. The molecule has 0 atom stereocenters. The molecular weight excluding hydrogens is 255 g/mol. The number of hydrogen-bond acceptors (Lipinski definition) is 2. The second kappa shape index (κ2) is 7.22. The van der Waals surface area contributed by atoms with E-state index in [9.17, 15) is 0 Å². The lowest BCUT2D eigenvalue weighted by molar-refractivity contribution is 0.273. The average Bonchev–Trinajstić information content (AvgIpc) is 2.28. The van der Waals surface area contributed by atoms with Crippen molar-refractivity contribution < 1.29 is 0 Å². The van der Waals surface area contributed by atoms with Gasteiger partial charge in [0.05, 0.1) is 10.0 Å². The third kappa shape index (κ3) is 5.26. The van der Waals surface area contributed by atoms with E-state index in [1.807, 2.05) is 18.2 Å². The van der Waals surface area contributed by atoms with E-state index in [2.05, 4.69) is 31.1 Å². The molecule has 0 aliphatic carbocycles. The molecule has 0 bridgehead atoms. The maximum Gasteiger partial charge on any atom is 0.0595 e. The number of rotatable bonds is 6. The van der Waals surface area contributed by atoms with Crippen LogP contribution in [0.5, 0.6) is 0 Å². The highest BCUT2D eigenvalue weighted by molar-refractivity contribution is 6.42. The van der Waals surface area contributed by atoms with Crippen LogP contribution in [0.25, 0.3) is 0 Å². The van der Waals surface area contributed by atoms with Crippen molar-refractivity contribution >= 4 is 23.2 Å². The minimum atomic E-state index is 0.585. The predicted molar refractivity (Wildman–Crippen MR) is 75.9 cm³/mol. The van der Waals surface area contributed by atoms with Crippen molar-refractivity contribution in [2.24, 2.45) is 0 Å². The molecule has 0 aliphatic rings. The van der Waals surface area contributed by atoms with E-state index in [1.54, 1.807) is 0 Å². The zero-order chi connectivity index (χ0) is 12.8. The summed E-state index contributed by atoms with van der Waals surface area (Å²) in [5, 5.41) is 4.61. The Hall–Kier alpha value is -0.280. The van der Waals surface area contributed by atoms with Crippen molar-refractivity contribution in [2.75, 3.05) is 20.1 Å². The molecule has 1 N–H and O–H groups in total. The van der Waals surface area contributed by atoms with Crippen molar-refractivity contribution in [3.05, 3.63) is 33.8 Å². The molecule has 96 valence electrons. The van der Waals surface area contributed by atoms with Crippen LogP contribution in [-0.4, -0.2) is 31.1 Å². The van der Waals surface area contributed by atoms with Gasteiger partial charge in [-0.25, -0.2) is 0 Å². The van der Waals surface area contributed by atoms with Gasteiger partial charge < -0.3 is 10.2 Å². The minimum absolute atomic E-state index is 0.585. The Balaban J connectivity index is 2.29. The van der Waals surface area contributed by atoms with Gasteiger partial charge in [0, 0.05) is 25.7 Å². The molecule has 2 nitrogen and oxygen atoms in total. The molecule has 0 spiro atoms. The summed E-state index contributed by atoms with van der Waals surface area (Å²) in [4.78, 5) is 2.31. The Morgan fingerprint density at radius 3 is 2.53 bits per heavy atom. The van der Waals surface area contributed by atoms with Gasteiger partial charge in [-0.3, -0.25) is 0 Å². The fourth-order valence-corrected chi connectivity index (χ4v) is 1.72. The molecule has 0 aromatic heterocycles. The first-order chi connectivity index (χ1) is 8.00. The molecule has 0 heterocycles. The second-order valence-corrected chi connectivity index (χ2v) is 5.31. The minimum Gasteiger partial charge on any atom is -0.311 e. The van der Waals surface area contributed by atoms with Gasteiger partial charge >= 0.3 is 0 Å². The molecule has 1 aromatic rings. The Kier molecular flexibility index (Phi) is 6.28. The third-order valence-electron chi connectivity index (χ3n) is 2.84. The van der Waals surface area contributed by atoms with Crippen LogP contribution in [0.15, 0.2) is 18.2 Å². The standard InChI is InChI=1S/C13H20Cl2N2/c1-10(2)17(3)7-6-16-9-11-4-5-12(14)13(15)8-11/h4-5,8,10,16H,6-7,9H2,1-3H3. The first kappa shape index (κ1) is 14.8. The smallest absolute Gasteiger partial charge is 0.0595 e. The molecule has 0 saturated carbocycles. The Morgan fingerprint density at radius 2 is 1.94 bits per heavy atom. The molecule has 0 fully saturated rings. The number of benzene rings is 1. The van der Waals surface area contributed by atoms with Gasteiger partial charge in [-0.05, 0) is 38.6 Å². The third-order valence-corrected chi connectivity index (χ3v) is 3.57. The van der Waals surface area contributed by atoms with Crippen LogP contribution in [0.2, 0.25) is 10.0 Å². The molecule has 0 unspecified atom stereocenters. The molecule has 0 radical (unpaired) electrons. The number of nitrogens with zero attached hydrogens (tertiary/aromatic N) is 1. The van der Waals surface area contributed by atoms with Gasteiger partial charge in [0.25, 0.3) is 0 Å². The van der Waals surface area contributed by atoms with Crippen molar-refractivity contribution in [3.63, 3.8) is 0 Å². The van der Waals surface area contributed by atoms with Gasteiger partial charge in [0.1, 0.15) is 0 Å². The van der Waals surface area contributed by atoms with Gasteiger partial charge in [-0.15, -0.1) is 0 Å². The van der Waals surface area contributed by atoms with Crippen LogP contribution in [-0.2, 0) is 6.54 Å². The molecule has 4 heteroatoms. The van der Waals surface area contributed by atoms with Crippen LogP contribution in [0, 0.1) is 0 Å². The molecule has 1 rings (SSSR count). The first-order valence-corrected chi connectivity index (χ1v) is 6.61. The van der Waals surface area contributed by atoms with E-state index in [1.165, 1.54) is 0 Å². The number of hydrogen-bond donors (Lipinski definition) is 1. The summed E-state index contributed by atoms with van der Waals surface area (Å²) in [5.41, 5.74) is 1.16. The SMILES string of the molecule is CC(C)N(C)CCNCc1ccc(Cl)c(Cl)c1. The van der Waals surface area contributed by atoms with Crippen LogP contribution in [0.1, 0.15) is 19.4 Å². The Morgan fingerprint density at radius 1 is 1.24 bits per heavy atom. The number of likely N-dealkylation sites (N-methyl/N-ethyl adjacent to an activating group) is 1. The fourth-order valence-electron chi connectivity index (χ4n) is 1.40. The van der Waals surface area contributed by atoms with Gasteiger partial charge in [-0.2, -0.15) is 0 Å². The molecule has 0 aliphatic heterocycles. The Labute approximate surface area is 114 Å². The summed E-state index contributed by atoms with van der Waals surface area (Å²) in [5.74, 6) is 0. The van der Waals surface area contributed by atoms with Gasteiger partial charge in [0.15, 0.2) is 0 Å². The van der Waals surface area contributed by atoms with Crippen molar-refractivity contribution in [1.29, 1.82) is 0 Å². The lowest BCUT2D eigenvalue weighted by Gasteiger charge is -2.20. The number of nitrogens with one attached hydrogen (secondary N) is 1. The van der Waals surface area contributed by atoms with Crippen LogP contribution < -0.4 is 5.32 Å². The zero-order valence-electron chi connectivity index (χ0n) is 10.6. The van der Waals surface area contributed by atoms with E-state index in [4.69, 9.17) is 23.2 Å². The summed E-state index contributed by atoms with van der Waals surface area (Å²) in [6, 6.07) is 6.32. The summed E-state index contributed by atoms with van der Waals surface area (Å²) < 4.78 is 0. The van der Waals surface area contributed by atoms with Gasteiger partial charge in [-0.1, -0.05) is 29.3 Å². The van der Waals surface area contributed by atoms with Gasteiger partial charge in [0.2, 0.25) is 0 Å². The quantitative estimate of drug-likeness (QED) is 0.800. The lowest BCUT2D eigenvalue weighted by atomic mass is 10.2. The molecular formula is C13H20Cl2N2. The average molecular weight is 275 g/mol. The van der Waals surface area contributed by atoms with E-state index in [0.29, 0.717) is 16.1 Å². The van der Waals surface area contributed by atoms with Crippen LogP contribution >= 0.6 is 23.2 Å². The zero-order valence-corrected chi connectivity index (χ0v) is 12.1. The summed E-state index contributed by atoms with van der Waals surface area (Å²) in [6.07, 6.45) is 0. The van der Waals surface area contributed by atoms with Crippen molar-refractivity contribution in [2.45, 2.75) is 26.4 Å². The monoisotopic (exact) mass is 274 g/mol. The maximum atomic E-state index is 5.95. The predicted octanol–water partition coefficient (Wildman–Crippen LogP) is 3.42. The topological polar surface area (TPSA) is 15.3 Å². The van der Waals surface area contributed by atoms with Crippen LogP contribution in [0.4, 0.5) is 0 Å². The summed E-state index contributed by atoms with van der Waals surface area (Å²) in [7, 11) is 2.13. The molecule has 0 amide bonds. The number of halogens is 2. The van der Waals surface area contributed by atoms with E-state index in [-0.39, 0.29) is 0 Å². The largest absolute Gasteiger partial charge is 0.311 e. The highest BCUT2D eigenvalue weighted by atomic mass is 35.5. The Bertz CT molecular complexity index is 353.